The summed E-state index contributed by atoms with van der Waals surface area (Å²) in [7, 11) is 0. The molecule has 0 bridgehead atoms. The molecule has 0 heterocycles. The van der Waals surface area contributed by atoms with Crippen LogP contribution >= 0.6 is 11.6 Å². The number of benzene rings is 1. The topological polar surface area (TPSA) is 81.4 Å². The van der Waals surface area contributed by atoms with Crippen LogP contribution in [0.4, 0.5) is 5.69 Å². The van der Waals surface area contributed by atoms with Crippen molar-refractivity contribution in [3.8, 4) is 0 Å². The minimum atomic E-state index is -1.34. The van der Waals surface area contributed by atoms with E-state index in [1.807, 2.05) is 6.92 Å². The Hall–Kier alpha value is -1.59. The van der Waals surface area contributed by atoms with E-state index in [2.05, 4.69) is 10.1 Å². The van der Waals surface area contributed by atoms with Crippen molar-refractivity contribution in [3.63, 3.8) is 0 Å². The molecular weight excluding hydrogens is 256 g/mol. The van der Waals surface area contributed by atoms with Gasteiger partial charge in [0.25, 0.3) is 5.91 Å². The van der Waals surface area contributed by atoms with Crippen molar-refractivity contribution < 1.29 is 14.3 Å². The van der Waals surface area contributed by atoms with E-state index in [1.165, 1.54) is 0 Å². The molecule has 18 heavy (non-hydrogen) atoms. The zero-order valence-electron chi connectivity index (χ0n) is 10.2. The van der Waals surface area contributed by atoms with Crippen LogP contribution in [0.2, 0.25) is 5.02 Å². The number of rotatable bonds is 4. The van der Waals surface area contributed by atoms with Gasteiger partial charge in [-0.15, -0.1) is 0 Å². The molecule has 5 nitrogen and oxygen atoms in total. The first kappa shape index (κ1) is 14.5. The highest BCUT2D eigenvalue weighted by molar-refractivity contribution is 6.31. The highest BCUT2D eigenvalue weighted by atomic mass is 35.5. The van der Waals surface area contributed by atoms with Gasteiger partial charge < -0.3 is 15.8 Å². The fourth-order valence-corrected chi connectivity index (χ4v) is 1.45. The van der Waals surface area contributed by atoms with E-state index in [0.29, 0.717) is 10.7 Å². The van der Waals surface area contributed by atoms with Crippen LogP contribution in [0.3, 0.4) is 0 Å². The Kier molecular flexibility index (Phi) is 5.12. The van der Waals surface area contributed by atoms with Crippen molar-refractivity contribution in [3.05, 3.63) is 28.8 Å². The molecule has 0 fully saturated rings. The largest absolute Gasteiger partial charge is 0.464 e. The second kappa shape index (κ2) is 6.37. The minimum absolute atomic E-state index is 0.177. The van der Waals surface area contributed by atoms with Gasteiger partial charge in [0.1, 0.15) is 0 Å². The first-order valence-electron chi connectivity index (χ1n) is 5.45. The molecule has 3 N–H and O–H groups in total. The van der Waals surface area contributed by atoms with E-state index in [4.69, 9.17) is 17.3 Å². The van der Waals surface area contributed by atoms with Crippen LogP contribution in [-0.2, 0) is 14.3 Å². The summed E-state index contributed by atoms with van der Waals surface area (Å²) in [5.74, 6) is -1.38. The molecule has 1 atom stereocenters. The Morgan fingerprint density at radius 1 is 1.50 bits per heavy atom. The molecule has 0 aliphatic carbocycles. The van der Waals surface area contributed by atoms with Crippen molar-refractivity contribution >= 4 is 29.2 Å². The number of hydrogen-bond acceptors (Lipinski definition) is 4. The van der Waals surface area contributed by atoms with E-state index >= 15 is 0 Å². The quantitative estimate of drug-likeness (QED) is 0.641. The lowest BCUT2D eigenvalue weighted by molar-refractivity contribution is -0.146. The van der Waals surface area contributed by atoms with Gasteiger partial charge in [-0.1, -0.05) is 17.7 Å². The van der Waals surface area contributed by atoms with Gasteiger partial charge in [0.2, 0.25) is 0 Å². The second-order valence-corrected chi connectivity index (χ2v) is 4.11. The zero-order valence-corrected chi connectivity index (χ0v) is 11.0. The lowest BCUT2D eigenvalue weighted by Gasteiger charge is -2.13. The monoisotopic (exact) mass is 270 g/mol. The number of carbonyl (C=O) groups is 2. The van der Waals surface area contributed by atoms with E-state index in [0.717, 1.165) is 5.56 Å². The minimum Gasteiger partial charge on any atom is -0.464 e. The van der Waals surface area contributed by atoms with Gasteiger partial charge in [-0.25, -0.2) is 4.79 Å². The number of hydrogen-bond donors (Lipinski definition) is 2. The fraction of sp³-hybridized carbons (Fsp3) is 0.333. The predicted octanol–water partition coefficient (Wildman–Crippen LogP) is 1.48. The molecule has 0 aliphatic heterocycles. The molecule has 98 valence electrons. The van der Waals surface area contributed by atoms with Gasteiger partial charge in [0.15, 0.2) is 6.04 Å². The average molecular weight is 271 g/mol. The molecule has 0 saturated heterocycles. The summed E-state index contributed by atoms with van der Waals surface area (Å²) in [6, 6.07) is 3.71. The molecule has 6 heteroatoms. The van der Waals surface area contributed by atoms with E-state index in [-0.39, 0.29) is 6.61 Å². The summed E-state index contributed by atoms with van der Waals surface area (Å²) in [6.45, 7) is 3.63. The SMILES string of the molecule is CCOC(=O)C(N)C(=O)Nc1cc(Cl)ccc1C. The number of halogens is 1. The van der Waals surface area contributed by atoms with Crippen molar-refractivity contribution in [1.82, 2.24) is 0 Å². The highest BCUT2D eigenvalue weighted by Crippen LogP contribution is 2.20. The van der Waals surface area contributed by atoms with Crippen molar-refractivity contribution in [1.29, 1.82) is 0 Å². The molecule has 1 amide bonds. The molecule has 0 aliphatic rings. The summed E-state index contributed by atoms with van der Waals surface area (Å²) in [4.78, 5) is 23.0. The maximum Gasteiger partial charge on any atom is 0.332 e. The molecule has 1 rings (SSSR count). The number of ether oxygens (including phenoxy) is 1. The Bertz CT molecular complexity index is 463. The Labute approximate surface area is 110 Å². The van der Waals surface area contributed by atoms with Crippen molar-refractivity contribution in [2.24, 2.45) is 5.73 Å². The standard InChI is InChI=1S/C12H15ClN2O3/c1-3-18-12(17)10(14)11(16)15-9-6-8(13)5-4-7(9)2/h4-6,10H,3,14H2,1-2H3,(H,15,16). The van der Waals surface area contributed by atoms with Crippen LogP contribution in [0.25, 0.3) is 0 Å². The number of aryl methyl sites for hydroxylation is 1. The summed E-state index contributed by atoms with van der Waals surface area (Å²) >= 11 is 5.82. The molecule has 1 unspecified atom stereocenters. The average Bonchev–Trinajstić information content (AvgIpc) is 2.33. The highest BCUT2D eigenvalue weighted by Gasteiger charge is 2.23. The normalized spacial score (nSPS) is 11.8. The van der Waals surface area contributed by atoms with E-state index in [1.54, 1.807) is 25.1 Å². The summed E-state index contributed by atoms with van der Waals surface area (Å²) in [6.07, 6.45) is 0. The number of nitrogens with two attached hydrogens (primary N) is 1. The van der Waals surface area contributed by atoms with Gasteiger partial charge in [0.05, 0.1) is 6.61 Å². The lowest BCUT2D eigenvalue weighted by Crippen LogP contribution is -2.43. The van der Waals surface area contributed by atoms with E-state index in [9.17, 15) is 9.59 Å². The summed E-state index contributed by atoms with van der Waals surface area (Å²) in [5, 5.41) is 3.03. The van der Waals surface area contributed by atoms with Gasteiger partial charge >= 0.3 is 5.97 Å². The Morgan fingerprint density at radius 3 is 2.78 bits per heavy atom. The maximum absolute atomic E-state index is 11.7. The lowest BCUT2D eigenvalue weighted by atomic mass is 10.2. The van der Waals surface area contributed by atoms with E-state index < -0.39 is 17.9 Å². The van der Waals surface area contributed by atoms with Gasteiger partial charge in [-0.2, -0.15) is 0 Å². The maximum atomic E-state index is 11.7. The number of amides is 1. The molecule has 0 aromatic heterocycles. The number of anilines is 1. The smallest absolute Gasteiger partial charge is 0.332 e. The molecule has 0 spiro atoms. The summed E-state index contributed by atoms with van der Waals surface area (Å²) in [5.41, 5.74) is 6.81. The van der Waals surface area contributed by atoms with Crippen LogP contribution in [0.1, 0.15) is 12.5 Å². The van der Waals surface area contributed by atoms with Gasteiger partial charge in [0, 0.05) is 10.7 Å². The predicted molar refractivity (Wildman–Crippen MR) is 69.4 cm³/mol. The third-order valence-electron chi connectivity index (χ3n) is 2.28. The van der Waals surface area contributed by atoms with Crippen LogP contribution in [0.5, 0.6) is 0 Å². The Balaban J connectivity index is 2.75. The molecule has 1 aromatic carbocycles. The van der Waals surface area contributed by atoms with Crippen molar-refractivity contribution in [2.75, 3.05) is 11.9 Å². The third-order valence-corrected chi connectivity index (χ3v) is 2.52. The summed E-state index contributed by atoms with van der Waals surface area (Å²) < 4.78 is 4.67. The third kappa shape index (κ3) is 3.72. The van der Waals surface area contributed by atoms with Crippen LogP contribution in [0, 0.1) is 6.92 Å². The van der Waals surface area contributed by atoms with Crippen LogP contribution in [0.15, 0.2) is 18.2 Å². The van der Waals surface area contributed by atoms with Gasteiger partial charge in [-0.3, -0.25) is 4.79 Å². The number of nitrogens with one attached hydrogen (secondary N) is 1. The van der Waals surface area contributed by atoms with Crippen LogP contribution in [-0.4, -0.2) is 24.5 Å². The molecule has 1 aromatic rings. The molecule has 0 radical (unpaired) electrons. The number of esters is 1. The van der Waals surface area contributed by atoms with Crippen LogP contribution < -0.4 is 11.1 Å². The van der Waals surface area contributed by atoms with Crippen molar-refractivity contribution in [2.45, 2.75) is 19.9 Å². The second-order valence-electron chi connectivity index (χ2n) is 3.68. The molecular formula is C12H15ClN2O3. The first-order valence-corrected chi connectivity index (χ1v) is 5.82. The van der Waals surface area contributed by atoms with Gasteiger partial charge in [-0.05, 0) is 31.5 Å². The first-order chi connectivity index (χ1) is 8.45. The molecule has 0 saturated carbocycles. The number of carbonyl (C=O) groups excluding carboxylic acids is 2. The fourth-order valence-electron chi connectivity index (χ4n) is 1.28. The Morgan fingerprint density at radius 2 is 2.17 bits per heavy atom. The zero-order chi connectivity index (χ0) is 13.7.